The molecule has 0 amide bonds. The van der Waals surface area contributed by atoms with E-state index in [1.807, 2.05) is 36.9 Å². The molecular formula is C21H23N5O3. The Morgan fingerprint density at radius 3 is 2.55 bits per heavy atom. The van der Waals surface area contributed by atoms with Crippen LogP contribution in [0.1, 0.15) is 19.4 Å². The molecule has 0 saturated heterocycles. The molecule has 1 aromatic carbocycles. The number of rotatable bonds is 4. The number of anilines is 3. The number of nitrogens with zero attached hydrogens (tertiary/aromatic N) is 4. The van der Waals surface area contributed by atoms with E-state index in [1.54, 1.807) is 30.7 Å². The number of nitrogen functional groups attached to an aromatic ring is 1. The predicted octanol–water partition coefficient (Wildman–Crippen LogP) is 3.50. The Kier molecular flexibility index (Phi) is 5.63. The molecule has 3 heterocycles. The molecule has 1 aliphatic heterocycles. The lowest BCUT2D eigenvalue weighted by molar-refractivity contribution is -0.0979. The smallest absolute Gasteiger partial charge is 0.322 e. The van der Waals surface area contributed by atoms with E-state index in [9.17, 15) is 0 Å². The first kappa shape index (κ1) is 20.1. The van der Waals surface area contributed by atoms with Crippen molar-refractivity contribution >= 4 is 24.0 Å². The average Bonchev–Trinajstić information content (AvgIpc) is 3.06. The maximum Gasteiger partial charge on any atom is 0.322 e. The van der Waals surface area contributed by atoms with Gasteiger partial charge in [-0.3, -0.25) is 0 Å². The summed E-state index contributed by atoms with van der Waals surface area (Å²) in [5.41, 5.74) is 8.25. The summed E-state index contributed by atoms with van der Waals surface area (Å²) in [7, 11) is 1.86. The van der Waals surface area contributed by atoms with Crippen LogP contribution in [0.2, 0.25) is 0 Å². The lowest BCUT2D eigenvalue weighted by atomic mass is 9.86. The molecule has 1 aliphatic rings. The van der Waals surface area contributed by atoms with Gasteiger partial charge in [0.1, 0.15) is 18.3 Å². The summed E-state index contributed by atoms with van der Waals surface area (Å²) in [6.45, 7) is 6.88. The van der Waals surface area contributed by atoms with E-state index in [4.69, 9.17) is 20.0 Å². The van der Waals surface area contributed by atoms with E-state index in [1.165, 1.54) is 0 Å². The van der Waals surface area contributed by atoms with Gasteiger partial charge in [-0.25, -0.2) is 15.0 Å². The molecule has 2 aromatic heterocycles. The topological polar surface area (TPSA) is 103 Å². The van der Waals surface area contributed by atoms with E-state index in [0.29, 0.717) is 23.9 Å². The van der Waals surface area contributed by atoms with Crippen molar-refractivity contribution in [3.8, 4) is 17.5 Å². The van der Waals surface area contributed by atoms with Crippen LogP contribution in [-0.2, 0) is 10.2 Å². The summed E-state index contributed by atoms with van der Waals surface area (Å²) in [4.78, 5) is 22.8. The zero-order valence-electron chi connectivity index (χ0n) is 16.6. The van der Waals surface area contributed by atoms with Crippen LogP contribution in [-0.4, -0.2) is 35.4 Å². The van der Waals surface area contributed by atoms with Crippen LogP contribution in [0.25, 0.3) is 0 Å². The molecule has 0 atom stereocenters. The molecule has 8 heteroatoms. The number of benzene rings is 1. The van der Waals surface area contributed by atoms with Crippen LogP contribution in [0.15, 0.2) is 48.9 Å². The Hall–Kier alpha value is -3.68. The van der Waals surface area contributed by atoms with Gasteiger partial charge < -0.3 is 24.9 Å². The Bertz CT molecular complexity index is 992. The Morgan fingerprint density at radius 1 is 1.14 bits per heavy atom. The van der Waals surface area contributed by atoms with Crippen molar-refractivity contribution in [2.24, 2.45) is 0 Å². The molecule has 0 unspecified atom stereocenters. The molecule has 4 rings (SSSR count). The summed E-state index contributed by atoms with van der Waals surface area (Å²) in [5.74, 6) is 2.21. The van der Waals surface area contributed by atoms with Crippen molar-refractivity contribution in [2.75, 3.05) is 24.3 Å². The van der Waals surface area contributed by atoms with Crippen molar-refractivity contribution in [2.45, 2.75) is 19.3 Å². The first-order valence-corrected chi connectivity index (χ1v) is 8.95. The van der Waals surface area contributed by atoms with E-state index < -0.39 is 0 Å². The standard InChI is InChI=1S/C20H21N5O2.CH2O/c1-20(2)12-26-15-7-4-8-16(17(15)20)27-19-23-10-13(11-24-19)25(3)18-14(21)6-5-9-22-18;1-2/h4-11H,12,21H2,1-3H3;1H2. The van der Waals surface area contributed by atoms with Crippen molar-refractivity contribution in [1.82, 2.24) is 15.0 Å². The van der Waals surface area contributed by atoms with Gasteiger partial charge in [0.2, 0.25) is 0 Å². The highest BCUT2D eigenvalue weighted by Gasteiger charge is 2.35. The van der Waals surface area contributed by atoms with E-state index >= 15 is 0 Å². The molecule has 0 radical (unpaired) electrons. The Morgan fingerprint density at radius 2 is 1.86 bits per heavy atom. The molecule has 0 aliphatic carbocycles. The van der Waals surface area contributed by atoms with E-state index in [2.05, 4.69) is 28.8 Å². The molecule has 8 nitrogen and oxygen atoms in total. The van der Waals surface area contributed by atoms with Crippen LogP contribution >= 0.6 is 0 Å². The van der Waals surface area contributed by atoms with Gasteiger partial charge in [-0.1, -0.05) is 19.9 Å². The van der Waals surface area contributed by atoms with Crippen molar-refractivity contribution in [3.05, 3.63) is 54.5 Å². The second kappa shape index (κ2) is 8.14. The minimum atomic E-state index is -0.122. The van der Waals surface area contributed by atoms with Crippen LogP contribution in [0.5, 0.6) is 17.5 Å². The summed E-state index contributed by atoms with van der Waals surface area (Å²) in [6.07, 6.45) is 5.06. The van der Waals surface area contributed by atoms with Crippen LogP contribution in [0, 0.1) is 0 Å². The Labute approximate surface area is 169 Å². The largest absolute Gasteiger partial charge is 0.492 e. The third-order valence-corrected chi connectivity index (χ3v) is 4.59. The summed E-state index contributed by atoms with van der Waals surface area (Å²) in [6, 6.07) is 9.64. The van der Waals surface area contributed by atoms with Crippen LogP contribution < -0.4 is 20.1 Å². The maximum absolute atomic E-state index is 8.00. The van der Waals surface area contributed by atoms with Crippen LogP contribution in [0.3, 0.4) is 0 Å². The molecule has 2 N–H and O–H groups in total. The monoisotopic (exact) mass is 393 g/mol. The fourth-order valence-corrected chi connectivity index (χ4v) is 3.16. The van der Waals surface area contributed by atoms with Gasteiger partial charge in [-0.2, -0.15) is 0 Å². The fourth-order valence-electron chi connectivity index (χ4n) is 3.16. The summed E-state index contributed by atoms with van der Waals surface area (Å²) >= 11 is 0. The van der Waals surface area contributed by atoms with E-state index in [0.717, 1.165) is 17.0 Å². The number of aromatic nitrogens is 3. The van der Waals surface area contributed by atoms with Crippen molar-refractivity contribution in [3.63, 3.8) is 0 Å². The fraction of sp³-hybridized carbons (Fsp3) is 0.238. The lowest BCUT2D eigenvalue weighted by Crippen LogP contribution is -2.19. The molecular weight excluding hydrogens is 370 g/mol. The summed E-state index contributed by atoms with van der Waals surface area (Å²) in [5, 5.41) is 0. The molecule has 0 bridgehead atoms. The van der Waals surface area contributed by atoms with Gasteiger partial charge in [-0.15, -0.1) is 0 Å². The van der Waals surface area contributed by atoms with Crippen molar-refractivity contribution < 1.29 is 14.3 Å². The number of hydrogen-bond donors (Lipinski definition) is 1. The predicted molar refractivity (Wildman–Crippen MR) is 111 cm³/mol. The first-order valence-electron chi connectivity index (χ1n) is 8.95. The molecule has 29 heavy (non-hydrogen) atoms. The van der Waals surface area contributed by atoms with Gasteiger partial charge in [0.25, 0.3) is 0 Å². The number of pyridine rings is 1. The second-order valence-electron chi connectivity index (χ2n) is 7.10. The molecule has 150 valence electrons. The minimum absolute atomic E-state index is 0.122. The second-order valence-corrected chi connectivity index (χ2v) is 7.10. The van der Waals surface area contributed by atoms with Gasteiger partial charge in [-0.05, 0) is 24.3 Å². The number of fused-ring (bicyclic) bond motifs is 1. The molecule has 0 fully saturated rings. The SMILES string of the molecule is C=O.CN(c1cnc(Oc2cccc3c2C(C)(C)CO3)nc1)c1ncccc1N. The van der Waals surface area contributed by atoms with Gasteiger partial charge in [0, 0.05) is 24.2 Å². The van der Waals surface area contributed by atoms with Gasteiger partial charge in [0.05, 0.1) is 30.4 Å². The van der Waals surface area contributed by atoms with Gasteiger partial charge >= 0.3 is 6.01 Å². The maximum atomic E-state index is 8.00. The highest BCUT2D eigenvalue weighted by atomic mass is 16.5. The number of carbonyl (C=O) groups is 1. The average molecular weight is 393 g/mol. The highest BCUT2D eigenvalue weighted by molar-refractivity contribution is 5.69. The zero-order chi connectivity index (χ0) is 21.0. The third kappa shape index (κ3) is 3.96. The third-order valence-electron chi connectivity index (χ3n) is 4.59. The quantitative estimate of drug-likeness (QED) is 0.718. The minimum Gasteiger partial charge on any atom is -0.492 e. The van der Waals surface area contributed by atoms with Crippen LogP contribution in [0.4, 0.5) is 17.2 Å². The summed E-state index contributed by atoms with van der Waals surface area (Å²) < 4.78 is 11.7. The normalized spacial score (nSPS) is 13.5. The molecule has 3 aromatic rings. The molecule has 0 spiro atoms. The number of ether oxygens (including phenoxy) is 2. The van der Waals surface area contributed by atoms with Crippen molar-refractivity contribution in [1.29, 1.82) is 0 Å². The number of hydrogen-bond acceptors (Lipinski definition) is 8. The van der Waals surface area contributed by atoms with E-state index in [-0.39, 0.29) is 11.4 Å². The number of carbonyl (C=O) groups excluding carboxylic acids is 1. The molecule has 0 saturated carbocycles. The zero-order valence-corrected chi connectivity index (χ0v) is 16.6. The lowest BCUT2D eigenvalue weighted by Gasteiger charge is -2.20. The number of nitrogens with two attached hydrogens (primary N) is 1. The Balaban J connectivity index is 0.00000117. The first-order chi connectivity index (χ1) is 14.0. The van der Waals surface area contributed by atoms with Gasteiger partial charge in [0.15, 0.2) is 5.82 Å². The highest BCUT2D eigenvalue weighted by Crippen LogP contribution is 2.45.